The summed E-state index contributed by atoms with van der Waals surface area (Å²) < 4.78 is 0. The van der Waals surface area contributed by atoms with Crippen LogP contribution in [0.15, 0.2) is 16.9 Å². The van der Waals surface area contributed by atoms with Gasteiger partial charge in [-0.25, -0.2) is 9.79 Å². The molecule has 134 valence electrons. The molecule has 0 aromatic heterocycles. The van der Waals surface area contributed by atoms with Crippen molar-refractivity contribution in [3.63, 3.8) is 0 Å². The molecule has 0 saturated carbocycles. The highest BCUT2D eigenvalue weighted by atomic mass is 16.2. The summed E-state index contributed by atoms with van der Waals surface area (Å²) in [5.74, 6) is -0.368. The summed E-state index contributed by atoms with van der Waals surface area (Å²) in [5.41, 5.74) is 21.8. The first kappa shape index (κ1) is 19.4. The summed E-state index contributed by atoms with van der Waals surface area (Å²) in [5, 5.41) is 2.08. The number of hydrogen-bond acceptors (Lipinski definition) is 7. The number of aldehydes is 1. The maximum absolute atomic E-state index is 12.1. The molecule has 1 saturated heterocycles. The Hall–Kier alpha value is -2.66. The monoisotopic (exact) mass is 340 g/mol. The van der Waals surface area contributed by atoms with Gasteiger partial charge in [0.05, 0.1) is 17.9 Å². The molecule has 0 aromatic carbocycles. The van der Waals surface area contributed by atoms with Gasteiger partial charge in [-0.15, -0.1) is 0 Å². The van der Waals surface area contributed by atoms with Crippen molar-refractivity contribution < 1.29 is 14.4 Å². The molecule has 0 radical (unpaired) electrons. The van der Waals surface area contributed by atoms with Crippen molar-refractivity contribution in [1.82, 2.24) is 15.1 Å². The van der Waals surface area contributed by atoms with E-state index in [1.807, 2.05) is 0 Å². The zero-order chi connectivity index (χ0) is 18.1. The molecule has 9 N–H and O–H groups in total. The molecule has 1 fully saturated rings. The van der Waals surface area contributed by atoms with Crippen molar-refractivity contribution in [1.29, 1.82) is 0 Å². The molecule has 0 spiro atoms. The Labute approximate surface area is 139 Å². The van der Waals surface area contributed by atoms with Crippen LogP contribution in [0.1, 0.15) is 6.42 Å². The van der Waals surface area contributed by atoms with Crippen molar-refractivity contribution in [3.8, 4) is 0 Å². The highest BCUT2D eigenvalue weighted by Crippen LogP contribution is 2.09. The van der Waals surface area contributed by atoms with E-state index in [-0.39, 0.29) is 17.6 Å². The number of guanidine groups is 1. The third-order valence-corrected chi connectivity index (χ3v) is 3.46. The number of aliphatic imine (C=N–C) groups is 1. The number of nitrogens with two attached hydrogens (primary N) is 4. The van der Waals surface area contributed by atoms with E-state index in [1.165, 1.54) is 6.20 Å². The van der Waals surface area contributed by atoms with Gasteiger partial charge in [0.1, 0.15) is 0 Å². The lowest BCUT2D eigenvalue weighted by Gasteiger charge is -2.36. The zero-order valence-corrected chi connectivity index (χ0v) is 13.4. The summed E-state index contributed by atoms with van der Waals surface area (Å²) in [4.78, 5) is 41.1. The minimum Gasteiger partial charge on any atom is -0.369 e. The van der Waals surface area contributed by atoms with Crippen molar-refractivity contribution >= 4 is 24.2 Å². The number of hydrogen-bond donors (Lipinski definition) is 5. The molecule has 0 aromatic rings. The third kappa shape index (κ3) is 5.85. The Morgan fingerprint density at radius 1 is 1.17 bits per heavy atom. The number of amides is 3. The summed E-state index contributed by atoms with van der Waals surface area (Å²) in [6, 6.07) is -1.45. The molecule has 1 atom stereocenters. The van der Waals surface area contributed by atoms with Crippen molar-refractivity contribution in [3.05, 3.63) is 11.9 Å². The first-order valence-electron chi connectivity index (χ1n) is 7.43. The molecule has 1 aliphatic heterocycles. The molecule has 0 bridgehead atoms. The van der Waals surface area contributed by atoms with Crippen LogP contribution in [0.25, 0.3) is 0 Å². The van der Waals surface area contributed by atoms with Crippen LogP contribution >= 0.6 is 0 Å². The van der Waals surface area contributed by atoms with Gasteiger partial charge in [0, 0.05) is 26.2 Å². The number of rotatable bonds is 6. The van der Waals surface area contributed by atoms with Gasteiger partial charge in [-0.1, -0.05) is 0 Å². The molecule has 1 rings (SSSR count). The first-order chi connectivity index (χ1) is 11.4. The molecule has 3 amide bonds. The summed E-state index contributed by atoms with van der Waals surface area (Å²) in [7, 11) is 0. The number of nitrogens with zero attached hydrogens (tertiary/aromatic N) is 3. The van der Waals surface area contributed by atoms with E-state index >= 15 is 0 Å². The van der Waals surface area contributed by atoms with E-state index in [0.717, 1.165) is 0 Å². The molecule has 1 aliphatic rings. The molecule has 11 heteroatoms. The SMILES string of the molecule is NCC[C@H](N)C(=O)N1CCN(/C(C=O)=C/N=C(N)NC(N)=O)CC1. The Bertz CT molecular complexity index is 525. The minimum absolute atomic E-state index is 0.148. The summed E-state index contributed by atoms with van der Waals surface area (Å²) >= 11 is 0. The molecular weight excluding hydrogens is 316 g/mol. The normalized spacial score (nSPS) is 17.4. The van der Waals surface area contributed by atoms with Crippen LogP contribution in [0.2, 0.25) is 0 Å². The number of urea groups is 1. The Morgan fingerprint density at radius 3 is 2.25 bits per heavy atom. The maximum Gasteiger partial charge on any atom is 0.318 e. The van der Waals surface area contributed by atoms with Gasteiger partial charge in [0.15, 0.2) is 6.29 Å². The van der Waals surface area contributed by atoms with Crippen molar-refractivity contribution in [2.75, 3.05) is 32.7 Å². The second-order valence-electron chi connectivity index (χ2n) is 5.17. The van der Waals surface area contributed by atoms with E-state index in [9.17, 15) is 14.4 Å². The average molecular weight is 340 g/mol. The van der Waals surface area contributed by atoms with Gasteiger partial charge < -0.3 is 32.7 Å². The number of nitrogens with one attached hydrogen (secondary N) is 1. The standard InChI is InChI=1S/C13H24N8O3/c14-2-1-10(15)11(23)21-5-3-20(4-6-21)9(8-22)7-18-12(16)19-13(17)24/h7-8,10H,1-6,14-15H2,(H5,16,17,18,19,24)/b9-7+/t10-/m0/s1. The smallest absolute Gasteiger partial charge is 0.318 e. The van der Waals surface area contributed by atoms with Gasteiger partial charge in [-0.2, -0.15) is 0 Å². The van der Waals surface area contributed by atoms with Crippen LogP contribution in [0.5, 0.6) is 0 Å². The lowest BCUT2D eigenvalue weighted by molar-refractivity contribution is -0.134. The van der Waals surface area contributed by atoms with E-state index in [4.69, 9.17) is 22.9 Å². The summed E-state index contributed by atoms with van der Waals surface area (Å²) in [6.07, 6.45) is 2.29. The number of allylic oxidation sites excluding steroid dienone is 1. The van der Waals surface area contributed by atoms with Crippen LogP contribution in [-0.4, -0.2) is 72.7 Å². The van der Waals surface area contributed by atoms with Gasteiger partial charge >= 0.3 is 6.03 Å². The third-order valence-electron chi connectivity index (χ3n) is 3.46. The van der Waals surface area contributed by atoms with Gasteiger partial charge in [-0.05, 0) is 13.0 Å². The fraction of sp³-hybridized carbons (Fsp3) is 0.538. The lowest BCUT2D eigenvalue weighted by atomic mass is 10.1. The van der Waals surface area contributed by atoms with Crippen molar-refractivity contribution in [2.24, 2.45) is 27.9 Å². The lowest BCUT2D eigenvalue weighted by Crippen LogP contribution is -2.53. The van der Waals surface area contributed by atoms with Gasteiger partial charge in [0.25, 0.3) is 0 Å². The summed E-state index contributed by atoms with van der Waals surface area (Å²) in [6.45, 7) is 2.11. The number of piperazine rings is 1. The fourth-order valence-electron chi connectivity index (χ4n) is 2.20. The first-order valence-corrected chi connectivity index (χ1v) is 7.43. The highest BCUT2D eigenvalue weighted by Gasteiger charge is 2.25. The number of primary amides is 1. The second-order valence-corrected chi connectivity index (χ2v) is 5.17. The Kier molecular flexibility index (Phi) is 7.65. The van der Waals surface area contributed by atoms with E-state index < -0.39 is 12.1 Å². The quantitative estimate of drug-likeness (QED) is 0.146. The molecule has 11 nitrogen and oxygen atoms in total. The van der Waals surface area contributed by atoms with E-state index in [1.54, 1.807) is 9.80 Å². The highest BCUT2D eigenvalue weighted by molar-refractivity contribution is 5.94. The molecule has 1 heterocycles. The Morgan fingerprint density at radius 2 is 1.75 bits per heavy atom. The fourth-order valence-corrected chi connectivity index (χ4v) is 2.20. The Balaban J connectivity index is 2.63. The van der Waals surface area contributed by atoms with Crippen LogP contribution in [0.4, 0.5) is 4.79 Å². The topological polar surface area (TPSA) is 186 Å². The van der Waals surface area contributed by atoms with Crippen LogP contribution < -0.4 is 28.3 Å². The van der Waals surface area contributed by atoms with E-state index in [2.05, 4.69) is 10.3 Å². The number of carbonyl (C=O) groups is 3. The van der Waals surface area contributed by atoms with Gasteiger partial charge in [0.2, 0.25) is 11.9 Å². The minimum atomic E-state index is -0.849. The molecule has 24 heavy (non-hydrogen) atoms. The zero-order valence-electron chi connectivity index (χ0n) is 13.4. The van der Waals surface area contributed by atoms with Crippen molar-refractivity contribution in [2.45, 2.75) is 12.5 Å². The van der Waals surface area contributed by atoms with Crippen LogP contribution in [0.3, 0.4) is 0 Å². The molecule has 0 aliphatic carbocycles. The van der Waals surface area contributed by atoms with Gasteiger partial charge in [-0.3, -0.25) is 14.9 Å². The predicted molar refractivity (Wildman–Crippen MR) is 88.3 cm³/mol. The maximum atomic E-state index is 12.1. The average Bonchev–Trinajstić information content (AvgIpc) is 2.55. The van der Waals surface area contributed by atoms with Crippen LogP contribution in [0, 0.1) is 0 Å². The molecular formula is C13H24N8O3. The molecule has 0 unspecified atom stereocenters. The predicted octanol–water partition coefficient (Wildman–Crippen LogP) is -3.17. The van der Waals surface area contributed by atoms with E-state index in [0.29, 0.717) is 45.4 Å². The largest absolute Gasteiger partial charge is 0.369 e. The number of carbonyl (C=O) groups excluding carboxylic acids is 3. The van der Waals surface area contributed by atoms with Crippen LogP contribution in [-0.2, 0) is 9.59 Å². The second kappa shape index (κ2) is 9.47.